The number of nitrogens with one attached hydrogen (secondary N) is 2. The number of nitrogens with zero attached hydrogens (tertiary/aromatic N) is 2. The van der Waals surface area contributed by atoms with Gasteiger partial charge in [-0.05, 0) is 59.5 Å². The van der Waals surface area contributed by atoms with E-state index in [4.69, 9.17) is 10.5 Å². The molecule has 4 N–H and O–H groups in total. The van der Waals surface area contributed by atoms with Gasteiger partial charge in [-0.2, -0.15) is 0 Å². The van der Waals surface area contributed by atoms with Gasteiger partial charge in [0.1, 0.15) is 5.60 Å². The van der Waals surface area contributed by atoms with Crippen molar-refractivity contribution in [2.45, 2.75) is 84.4 Å². The molecule has 1 fully saturated rings. The molecule has 0 aromatic heterocycles. The van der Waals surface area contributed by atoms with Crippen molar-refractivity contribution in [2.75, 3.05) is 26.2 Å². The molecule has 1 atom stereocenters. The Labute approximate surface area is 159 Å². The van der Waals surface area contributed by atoms with Crippen LogP contribution in [-0.4, -0.2) is 60.3 Å². The Morgan fingerprint density at radius 2 is 1.92 bits per heavy atom. The third kappa shape index (κ3) is 7.40. The van der Waals surface area contributed by atoms with Crippen LogP contribution in [0.5, 0.6) is 0 Å². The van der Waals surface area contributed by atoms with Crippen LogP contribution in [-0.2, 0) is 4.74 Å². The van der Waals surface area contributed by atoms with Gasteiger partial charge in [-0.1, -0.05) is 20.8 Å². The van der Waals surface area contributed by atoms with Gasteiger partial charge in [0, 0.05) is 12.6 Å². The minimum atomic E-state index is -0.520. The zero-order valence-corrected chi connectivity index (χ0v) is 17.5. The summed E-state index contributed by atoms with van der Waals surface area (Å²) in [5.74, 6) is 0.435. The van der Waals surface area contributed by atoms with Crippen molar-refractivity contribution in [3.8, 4) is 0 Å². The summed E-state index contributed by atoms with van der Waals surface area (Å²) < 4.78 is 5.39. The average molecular weight is 370 g/mol. The van der Waals surface area contributed by atoms with Gasteiger partial charge >= 0.3 is 6.09 Å². The Morgan fingerprint density at radius 1 is 1.27 bits per heavy atom. The lowest BCUT2D eigenvalue weighted by Gasteiger charge is -2.32. The van der Waals surface area contributed by atoms with E-state index in [1.807, 2.05) is 34.6 Å². The fourth-order valence-corrected chi connectivity index (χ4v) is 3.27. The summed E-state index contributed by atoms with van der Waals surface area (Å²) in [6.45, 7) is 15.3. The van der Waals surface area contributed by atoms with E-state index in [1.54, 1.807) is 0 Å². The van der Waals surface area contributed by atoms with E-state index in [2.05, 4.69) is 27.4 Å². The normalized spacial score (nSPS) is 19.5. The van der Waals surface area contributed by atoms with Crippen molar-refractivity contribution < 1.29 is 9.53 Å². The van der Waals surface area contributed by atoms with Crippen LogP contribution in [0.1, 0.15) is 67.2 Å². The van der Waals surface area contributed by atoms with Gasteiger partial charge in [0.2, 0.25) is 0 Å². The molecule has 1 aliphatic heterocycles. The number of nitrogens with two attached hydrogens (primary N) is 1. The SMILES string of the molecule is CCN1CCCC1CNC(N)=NCC(CC)(CC)NC(=O)OC(C)(C)C. The van der Waals surface area contributed by atoms with Crippen LogP contribution in [0, 0.1) is 0 Å². The number of rotatable bonds is 8. The number of ether oxygens (including phenoxy) is 1. The second-order valence-corrected chi connectivity index (χ2v) is 8.12. The van der Waals surface area contributed by atoms with Crippen molar-refractivity contribution in [1.82, 2.24) is 15.5 Å². The van der Waals surface area contributed by atoms with Crippen LogP contribution in [0.3, 0.4) is 0 Å². The van der Waals surface area contributed by atoms with E-state index in [9.17, 15) is 4.79 Å². The Hall–Kier alpha value is -1.50. The monoisotopic (exact) mass is 369 g/mol. The van der Waals surface area contributed by atoms with Gasteiger partial charge in [-0.15, -0.1) is 0 Å². The minimum Gasteiger partial charge on any atom is -0.444 e. The highest BCUT2D eigenvalue weighted by atomic mass is 16.6. The van der Waals surface area contributed by atoms with E-state index >= 15 is 0 Å². The summed E-state index contributed by atoms with van der Waals surface area (Å²) in [5.41, 5.74) is 5.10. The molecule has 26 heavy (non-hydrogen) atoms. The largest absolute Gasteiger partial charge is 0.444 e. The number of hydrogen-bond donors (Lipinski definition) is 3. The van der Waals surface area contributed by atoms with E-state index in [-0.39, 0.29) is 0 Å². The maximum absolute atomic E-state index is 12.2. The first-order valence-corrected chi connectivity index (χ1v) is 9.93. The number of likely N-dealkylation sites (tertiary alicyclic amines) is 1. The number of amides is 1. The number of likely N-dealkylation sites (N-methyl/N-ethyl adjacent to an activating group) is 1. The Balaban J connectivity index is 2.59. The predicted octanol–water partition coefficient (Wildman–Crippen LogP) is 2.46. The van der Waals surface area contributed by atoms with Crippen LogP contribution >= 0.6 is 0 Å². The highest BCUT2D eigenvalue weighted by Gasteiger charge is 2.30. The first kappa shape index (κ1) is 22.5. The van der Waals surface area contributed by atoms with Gasteiger partial charge < -0.3 is 21.1 Å². The van der Waals surface area contributed by atoms with Crippen molar-refractivity contribution in [3.63, 3.8) is 0 Å². The molecule has 1 aliphatic rings. The molecule has 7 nitrogen and oxygen atoms in total. The molecule has 152 valence electrons. The molecule has 1 amide bonds. The number of guanidine groups is 1. The van der Waals surface area contributed by atoms with E-state index < -0.39 is 17.2 Å². The number of alkyl carbamates (subject to hydrolysis) is 1. The second-order valence-electron chi connectivity index (χ2n) is 8.12. The lowest BCUT2D eigenvalue weighted by atomic mass is 9.93. The number of carbonyl (C=O) groups is 1. The van der Waals surface area contributed by atoms with Gasteiger partial charge in [-0.25, -0.2) is 4.79 Å². The molecule has 1 unspecified atom stereocenters. The second kappa shape index (κ2) is 10.00. The highest BCUT2D eigenvalue weighted by Crippen LogP contribution is 2.18. The van der Waals surface area contributed by atoms with Gasteiger partial charge in [-0.3, -0.25) is 9.89 Å². The summed E-state index contributed by atoms with van der Waals surface area (Å²) in [5, 5.41) is 6.24. The first-order valence-electron chi connectivity index (χ1n) is 9.93. The topological polar surface area (TPSA) is 92.0 Å². The molecular formula is C19H39N5O2. The maximum atomic E-state index is 12.2. The summed E-state index contributed by atoms with van der Waals surface area (Å²) in [4.78, 5) is 19.1. The lowest BCUT2D eigenvalue weighted by Crippen LogP contribution is -2.52. The van der Waals surface area contributed by atoms with E-state index in [1.165, 1.54) is 12.8 Å². The molecule has 0 aromatic rings. The van der Waals surface area contributed by atoms with Crippen molar-refractivity contribution in [1.29, 1.82) is 0 Å². The highest BCUT2D eigenvalue weighted by molar-refractivity contribution is 5.78. The zero-order valence-electron chi connectivity index (χ0n) is 17.5. The molecule has 1 saturated heterocycles. The number of carbonyl (C=O) groups excluding carboxylic acids is 1. The minimum absolute atomic E-state index is 0.410. The van der Waals surface area contributed by atoms with Gasteiger partial charge in [0.25, 0.3) is 0 Å². The van der Waals surface area contributed by atoms with Crippen LogP contribution in [0.25, 0.3) is 0 Å². The predicted molar refractivity (Wildman–Crippen MR) is 107 cm³/mol. The molecule has 0 saturated carbocycles. The molecule has 0 aliphatic carbocycles. The standard InChI is InChI=1S/C19H39N5O2/c1-7-19(8-2,23-17(25)26-18(4,5)6)14-22-16(20)21-13-15-11-10-12-24(15)9-3/h15H,7-14H2,1-6H3,(H,23,25)(H3,20,21,22). The summed E-state index contributed by atoms with van der Waals surface area (Å²) in [6, 6.07) is 0.524. The summed E-state index contributed by atoms with van der Waals surface area (Å²) in [7, 11) is 0. The Bertz CT molecular complexity index is 469. The number of aliphatic imine (C=N–C) groups is 1. The third-order valence-corrected chi connectivity index (χ3v) is 5.10. The van der Waals surface area contributed by atoms with Crippen LogP contribution in [0.2, 0.25) is 0 Å². The Kier molecular flexibility index (Phi) is 8.67. The molecule has 1 rings (SSSR count). The maximum Gasteiger partial charge on any atom is 0.408 e. The fraction of sp³-hybridized carbons (Fsp3) is 0.895. The van der Waals surface area contributed by atoms with Crippen LogP contribution in [0.4, 0.5) is 4.79 Å². The summed E-state index contributed by atoms with van der Waals surface area (Å²) in [6.07, 6.45) is 3.54. The molecule has 0 bridgehead atoms. The molecular weight excluding hydrogens is 330 g/mol. The molecule has 0 spiro atoms. The zero-order chi connectivity index (χ0) is 19.8. The smallest absolute Gasteiger partial charge is 0.408 e. The average Bonchev–Trinajstić information content (AvgIpc) is 3.02. The molecule has 7 heteroatoms. The van der Waals surface area contributed by atoms with Crippen LogP contribution < -0.4 is 16.4 Å². The van der Waals surface area contributed by atoms with Gasteiger partial charge in [0.15, 0.2) is 5.96 Å². The summed E-state index contributed by atoms with van der Waals surface area (Å²) >= 11 is 0. The van der Waals surface area contributed by atoms with Gasteiger partial charge in [0.05, 0.1) is 12.1 Å². The quantitative estimate of drug-likeness (QED) is 0.451. The first-order chi connectivity index (χ1) is 12.1. The fourth-order valence-electron chi connectivity index (χ4n) is 3.27. The van der Waals surface area contributed by atoms with Crippen molar-refractivity contribution >= 4 is 12.1 Å². The third-order valence-electron chi connectivity index (χ3n) is 5.10. The number of hydrogen-bond acceptors (Lipinski definition) is 4. The van der Waals surface area contributed by atoms with E-state index in [0.29, 0.717) is 18.5 Å². The molecule has 0 radical (unpaired) electrons. The van der Waals surface area contributed by atoms with Crippen molar-refractivity contribution in [2.24, 2.45) is 10.7 Å². The molecule has 1 heterocycles. The lowest BCUT2D eigenvalue weighted by molar-refractivity contribution is 0.0452. The van der Waals surface area contributed by atoms with Crippen LogP contribution in [0.15, 0.2) is 4.99 Å². The Morgan fingerprint density at radius 3 is 2.46 bits per heavy atom. The van der Waals surface area contributed by atoms with E-state index in [0.717, 1.165) is 32.5 Å². The van der Waals surface area contributed by atoms with Crippen molar-refractivity contribution in [3.05, 3.63) is 0 Å². The molecule has 0 aromatic carbocycles.